The molecule has 0 bridgehead atoms. The number of amides is 1. The Hall–Kier alpha value is -2.74. The lowest BCUT2D eigenvalue weighted by atomic mass is 10.2. The van der Waals surface area contributed by atoms with E-state index in [9.17, 15) is 9.59 Å². The number of rotatable bonds is 4. The minimum atomic E-state index is -1.08. The maximum absolute atomic E-state index is 12.0. The Morgan fingerprint density at radius 2 is 2.23 bits per heavy atom. The zero-order chi connectivity index (χ0) is 15.7. The molecule has 0 saturated heterocycles. The molecule has 1 aromatic carbocycles. The zero-order valence-electron chi connectivity index (χ0n) is 11.6. The molecule has 0 radical (unpaired) electrons. The quantitative estimate of drug-likeness (QED) is 0.768. The van der Waals surface area contributed by atoms with Crippen LogP contribution in [0.25, 0.3) is 10.2 Å². The Morgan fingerprint density at radius 3 is 2.95 bits per heavy atom. The van der Waals surface area contributed by atoms with E-state index >= 15 is 0 Å². The zero-order valence-corrected chi connectivity index (χ0v) is 12.4. The lowest BCUT2D eigenvalue weighted by Gasteiger charge is -2.01. The number of carboxylic acids is 1. The Kier molecular flexibility index (Phi) is 3.60. The van der Waals surface area contributed by atoms with Gasteiger partial charge in [0.15, 0.2) is 5.13 Å². The molecule has 7 nitrogen and oxygen atoms in total. The van der Waals surface area contributed by atoms with Gasteiger partial charge in [0.05, 0.1) is 22.0 Å². The number of thiazole rings is 1. The summed E-state index contributed by atoms with van der Waals surface area (Å²) >= 11 is 1.39. The van der Waals surface area contributed by atoms with Gasteiger partial charge in [-0.15, -0.1) is 0 Å². The lowest BCUT2D eigenvalue weighted by molar-refractivity contribution is -0.116. The van der Waals surface area contributed by atoms with Crippen molar-refractivity contribution in [1.82, 2.24) is 14.8 Å². The van der Waals surface area contributed by atoms with Crippen LogP contribution in [0.4, 0.5) is 5.13 Å². The van der Waals surface area contributed by atoms with Crippen molar-refractivity contribution in [2.24, 2.45) is 0 Å². The molecule has 0 unspecified atom stereocenters. The van der Waals surface area contributed by atoms with Crippen molar-refractivity contribution < 1.29 is 14.7 Å². The fourth-order valence-electron chi connectivity index (χ4n) is 1.95. The molecule has 8 heteroatoms. The van der Waals surface area contributed by atoms with Gasteiger partial charge in [0.25, 0.3) is 0 Å². The summed E-state index contributed by atoms with van der Waals surface area (Å²) in [5.74, 6) is -1.39. The monoisotopic (exact) mass is 316 g/mol. The van der Waals surface area contributed by atoms with Gasteiger partial charge in [-0.1, -0.05) is 17.4 Å². The molecular weight excluding hydrogens is 304 g/mol. The first-order chi connectivity index (χ1) is 10.5. The molecule has 0 aliphatic heterocycles. The molecule has 0 atom stereocenters. The third-order valence-corrected chi connectivity index (χ3v) is 3.91. The van der Waals surface area contributed by atoms with Gasteiger partial charge in [-0.05, 0) is 24.6 Å². The van der Waals surface area contributed by atoms with Crippen LogP contribution in [0, 0.1) is 6.92 Å². The highest BCUT2D eigenvalue weighted by Crippen LogP contribution is 2.26. The van der Waals surface area contributed by atoms with Crippen LogP contribution in [-0.4, -0.2) is 31.7 Å². The number of carbonyl (C=O) groups excluding carboxylic acids is 1. The van der Waals surface area contributed by atoms with Crippen LogP contribution in [0.2, 0.25) is 0 Å². The summed E-state index contributed by atoms with van der Waals surface area (Å²) in [5.41, 5.74) is 2.01. The standard InChI is InChI=1S/C14H12N4O3S/c1-8-2-3-10-11(4-8)22-14(16-10)17-12(19)7-18-6-9(5-15-18)13(20)21/h2-6H,7H2,1H3,(H,20,21)(H,16,17,19). The van der Waals surface area contributed by atoms with E-state index in [4.69, 9.17) is 5.11 Å². The first-order valence-electron chi connectivity index (χ1n) is 6.44. The summed E-state index contributed by atoms with van der Waals surface area (Å²) in [7, 11) is 0. The van der Waals surface area contributed by atoms with Crippen molar-refractivity contribution >= 4 is 38.6 Å². The molecule has 0 saturated carbocycles. The highest BCUT2D eigenvalue weighted by Gasteiger charge is 2.11. The number of hydrogen-bond acceptors (Lipinski definition) is 5. The first kappa shape index (κ1) is 14.2. The molecule has 0 aliphatic carbocycles. The molecule has 112 valence electrons. The van der Waals surface area contributed by atoms with E-state index in [-0.39, 0.29) is 18.0 Å². The fraction of sp³-hybridized carbons (Fsp3) is 0.143. The van der Waals surface area contributed by atoms with Crippen LogP contribution in [-0.2, 0) is 11.3 Å². The number of carboxylic acid groups (broad SMARTS) is 1. The largest absolute Gasteiger partial charge is 0.478 e. The second kappa shape index (κ2) is 5.57. The number of fused-ring (bicyclic) bond motifs is 1. The number of nitrogens with zero attached hydrogens (tertiary/aromatic N) is 3. The van der Waals surface area contributed by atoms with E-state index in [1.165, 1.54) is 28.4 Å². The van der Waals surface area contributed by atoms with Crippen molar-refractivity contribution in [3.63, 3.8) is 0 Å². The first-order valence-corrected chi connectivity index (χ1v) is 7.26. The van der Waals surface area contributed by atoms with E-state index in [0.717, 1.165) is 15.8 Å². The number of aryl methyl sites for hydroxylation is 1. The van der Waals surface area contributed by atoms with E-state index in [1.807, 2.05) is 25.1 Å². The number of nitrogens with one attached hydrogen (secondary N) is 1. The SMILES string of the molecule is Cc1ccc2nc(NC(=O)Cn3cc(C(=O)O)cn3)sc2c1. The van der Waals surface area contributed by atoms with E-state index in [2.05, 4.69) is 15.4 Å². The average molecular weight is 316 g/mol. The van der Waals surface area contributed by atoms with Crippen LogP contribution in [0.15, 0.2) is 30.6 Å². The van der Waals surface area contributed by atoms with E-state index in [1.54, 1.807) is 0 Å². The summed E-state index contributed by atoms with van der Waals surface area (Å²) in [6.07, 6.45) is 2.51. The number of hydrogen-bond donors (Lipinski definition) is 2. The number of benzene rings is 1. The van der Waals surface area contributed by atoms with Crippen LogP contribution in [0.3, 0.4) is 0 Å². The Morgan fingerprint density at radius 1 is 1.41 bits per heavy atom. The lowest BCUT2D eigenvalue weighted by Crippen LogP contribution is -2.18. The minimum absolute atomic E-state index is 0.0447. The van der Waals surface area contributed by atoms with Gasteiger partial charge in [0.1, 0.15) is 6.54 Å². The Bertz CT molecular complexity index is 868. The molecule has 0 aliphatic rings. The number of aromatic nitrogens is 3. The molecule has 2 aromatic heterocycles. The van der Waals surface area contributed by atoms with Gasteiger partial charge >= 0.3 is 5.97 Å². The molecule has 0 fully saturated rings. The topological polar surface area (TPSA) is 97.1 Å². The van der Waals surface area contributed by atoms with Crippen molar-refractivity contribution in [2.75, 3.05) is 5.32 Å². The highest BCUT2D eigenvalue weighted by molar-refractivity contribution is 7.22. The normalized spacial score (nSPS) is 10.8. The maximum atomic E-state index is 12.0. The number of anilines is 1. The van der Waals surface area contributed by atoms with Gasteiger partial charge in [0, 0.05) is 6.20 Å². The van der Waals surface area contributed by atoms with Crippen LogP contribution in [0.5, 0.6) is 0 Å². The minimum Gasteiger partial charge on any atom is -0.478 e. The smallest absolute Gasteiger partial charge is 0.338 e. The number of carbonyl (C=O) groups is 2. The predicted octanol–water partition coefficient (Wildman–Crippen LogP) is 2.14. The fourth-order valence-corrected chi connectivity index (χ4v) is 2.93. The second-order valence-corrected chi connectivity index (χ2v) is 5.80. The van der Waals surface area contributed by atoms with Crippen molar-refractivity contribution in [1.29, 1.82) is 0 Å². The van der Waals surface area contributed by atoms with E-state index < -0.39 is 5.97 Å². The summed E-state index contributed by atoms with van der Waals surface area (Å²) in [5, 5.41) is 15.8. The van der Waals surface area contributed by atoms with Crippen molar-refractivity contribution in [2.45, 2.75) is 13.5 Å². The molecule has 3 aromatic rings. The van der Waals surface area contributed by atoms with Gasteiger partial charge < -0.3 is 10.4 Å². The second-order valence-electron chi connectivity index (χ2n) is 4.77. The molecule has 3 rings (SSSR count). The Balaban J connectivity index is 1.70. The third kappa shape index (κ3) is 2.96. The maximum Gasteiger partial charge on any atom is 0.338 e. The van der Waals surface area contributed by atoms with Gasteiger partial charge in [0.2, 0.25) is 5.91 Å². The van der Waals surface area contributed by atoms with Crippen molar-refractivity contribution in [3.8, 4) is 0 Å². The third-order valence-electron chi connectivity index (χ3n) is 2.98. The molecular formula is C14H12N4O3S. The summed E-state index contributed by atoms with van der Waals surface area (Å²) < 4.78 is 2.28. The molecule has 1 amide bonds. The summed E-state index contributed by atoms with van der Waals surface area (Å²) in [6.45, 7) is 1.93. The number of aromatic carboxylic acids is 1. The molecule has 2 N–H and O–H groups in total. The van der Waals surface area contributed by atoms with Crippen LogP contribution in [0.1, 0.15) is 15.9 Å². The molecule has 22 heavy (non-hydrogen) atoms. The molecule has 2 heterocycles. The van der Waals surface area contributed by atoms with Crippen LogP contribution >= 0.6 is 11.3 Å². The van der Waals surface area contributed by atoms with Gasteiger partial charge in [-0.25, -0.2) is 9.78 Å². The summed E-state index contributed by atoms with van der Waals surface area (Å²) in [4.78, 5) is 27.0. The van der Waals surface area contributed by atoms with Gasteiger partial charge in [-0.2, -0.15) is 5.10 Å². The summed E-state index contributed by atoms with van der Waals surface area (Å²) in [6, 6.07) is 5.88. The highest BCUT2D eigenvalue weighted by atomic mass is 32.1. The van der Waals surface area contributed by atoms with Crippen molar-refractivity contribution in [3.05, 3.63) is 41.7 Å². The van der Waals surface area contributed by atoms with Gasteiger partial charge in [-0.3, -0.25) is 9.48 Å². The Labute approximate surface area is 129 Å². The van der Waals surface area contributed by atoms with E-state index in [0.29, 0.717) is 5.13 Å². The predicted molar refractivity (Wildman–Crippen MR) is 82.2 cm³/mol. The molecule has 0 spiro atoms. The van der Waals surface area contributed by atoms with Crippen LogP contribution < -0.4 is 5.32 Å². The average Bonchev–Trinajstić information content (AvgIpc) is 3.04.